The van der Waals surface area contributed by atoms with Crippen molar-refractivity contribution in [3.05, 3.63) is 35.4 Å². The monoisotopic (exact) mass is 264 g/mol. The summed E-state index contributed by atoms with van der Waals surface area (Å²) in [4.78, 5) is 0. The Bertz CT molecular complexity index is 509. The molecule has 3 heteroatoms. The minimum atomic E-state index is -1.27. The summed E-state index contributed by atoms with van der Waals surface area (Å²) in [7, 11) is 0. The molecule has 1 nitrogen and oxygen atoms in total. The topological polar surface area (TPSA) is 20.2 Å². The van der Waals surface area contributed by atoms with Gasteiger partial charge < -0.3 is 5.11 Å². The van der Waals surface area contributed by atoms with E-state index in [0.717, 1.165) is 12.8 Å². The van der Waals surface area contributed by atoms with E-state index in [0.29, 0.717) is 24.2 Å². The third-order valence-corrected chi connectivity index (χ3v) is 5.89. The summed E-state index contributed by atoms with van der Waals surface area (Å²) in [6.45, 7) is 0. The van der Waals surface area contributed by atoms with Crippen LogP contribution in [0.2, 0.25) is 0 Å². The molecular weight excluding hydrogens is 246 g/mol. The van der Waals surface area contributed by atoms with Gasteiger partial charge in [-0.2, -0.15) is 0 Å². The highest BCUT2D eigenvalue weighted by atomic mass is 19.1. The van der Waals surface area contributed by atoms with Crippen molar-refractivity contribution in [3.63, 3.8) is 0 Å². The molecule has 102 valence electrons. The molecule has 0 heterocycles. The molecule has 0 aromatic heterocycles. The van der Waals surface area contributed by atoms with E-state index in [1.54, 1.807) is 0 Å². The van der Waals surface area contributed by atoms with E-state index in [1.807, 2.05) is 0 Å². The standard InChI is InChI=1S/C16H18F2O/c17-13-5-2-6-14(18)15(13)16(19)8-9-7-12(16)11-4-1-3-10(9)11/h2,5-6,9-12,19H,1,3-4,7-8H2. The van der Waals surface area contributed by atoms with Crippen LogP contribution < -0.4 is 0 Å². The molecule has 0 aliphatic heterocycles. The highest BCUT2D eigenvalue weighted by molar-refractivity contribution is 5.31. The van der Waals surface area contributed by atoms with Crippen molar-refractivity contribution >= 4 is 0 Å². The van der Waals surface area contributed by atoms with Crippen LogP contribution in [0.15, 0.2) is 18.2 Å². The molecule has 0 radical (unpaired) electrons. The third-order valence-electron chi connectivity index (χ3n) is 5.89. The minimum absolute atomic E-state index is 0.0522. The number of halogens is 2. The van der Waals surface area contributed by atoms with Crippen LogP contribution in [0.25, 0.3) is 0 Å². The second-order valence-corrected chi connectivity index (χ2v) is 6.59. The van der Waals surface area contributed by atoms with E-state index < -0.39 is 17.2 Å². The Morgan fingerprint density at radius 2 is 1.79 bits per heavy atom. The quantitative estimate of drug-likeness (QED) is 0.821. The summed E-state index contributed by atoms with van der Waals surface area (Å²) in [5.41, 5.74) is -1.35. The Hall–Kier alpha value is -0.960. The smallest absolute Gasteiger partial charge is 0.132 e. The second kappa shape index (κ2) is 3.78. The zero-order chi connectivity index (χ0) is 13.2. The molecule has 4 rings (SSSR count). The zero-order valence-corrected chi connectivity index (χ0v) is 10.8. The molecule has 0 spiro atoms. The van der Waals surface area contributed by atoms with Crippen LogP contribution in [0.5, 0.6) is 0 Å². The van der Waals surface area contributed by atoms with E-state index in [-0.39, 0.29) is 11.5 Å². The first kappa shape index (κ1) is 11.8. The molecule has 1 N–H and O–H groups in total. The van der Waals surface area contributed by atoms with Crippen LogP contribution in [-0.4, -0.2) is 5.11 Å². The largest absolute Gasteiger partial charge is 0.385 e. The van der Waals surface area contributed by atoms with Crippen molar-refractivity contribution in [3.8, 4) is 0 Å². The number of fused-ring (bicyclic) bond motifs is 5. The van der Waals surface area contributed by atoms with Crippen LogP contribution in [0, 0.1) is 35.3 Å². The number of hydrogen-bond donors (Lipinski definition) is 1. The number of hydrogen-bond acceptors (Lipinski definition) is 1. The van der Waals surface area contributed by atoms with Gasteiger partial charge in [0.05, 0.1) is 11.2 Å². The summed E-state index contributed by atoms with van der Waals surface area (Å²) in [6, 6.07) is 3.88. The Morgan fingerprint density at radius 1 is 1.11 bits per heavy atom. The van der Waals surface area contributed by atoms with Crippen molar-refractivity contribution in [2.45, 2.75) is 37.7 Å². The van der Waals surface area contributed by atoms with Gasteiger partial charge in [0.1, 0.15) is 11.6 Å². The van der Waals surface area contributed by atoms with E-state index in [9.17, 15) is 13.9 Å². The number of aliphatic hydroxyl groups is 1. The third kappa shape index (κ3) is 1.42. The zero-order valence-electron chi connectivity index (χ0n) is 10.8. The predicted molar refractivity (Wildman–Crippen MR) is 67.3 cm³/mol. The van der Waals surface area contributed by atoms with Gasteiger partial charge in [0.2, 0.25) is 0 Å². The lowest BCUT2D eigenvalue weighted by Crippen LogP contribution is -2.40. The summed E-state index contributed by atoms with van der Waals surface area (Å²) in [6.07, 6.45) is 5.04. The van der Waals surface area contributed by atoms with Crippen LogP contribution in [0.4, 0.5) is 8.78 Å². The van der Waals surface area contributed by atoms with Gasteiger partial charge in [0.15, 0.2) is 0 Å². The SMILES string of the molecule is OC1(c2c(F)cccc2F)CC2CC1C1CCCC21. The first-order valence-corrected chi connectivity index (χ1v) is 7.28. The van der Waals surface area contributed by atoms with E-state index in [1.165, 1.54) is 31.0 Å². The summed E-state index contributed by atoms with van der Waals surface area (Å²) in [5.74, 6) is 0.495. The predicted octanol–water partition coefficient (Wildman–Crippen LogP) is 3.61. The summed E-state index contributed by atoms with van der Waals surface area (Å²) < 4.78 is 28.0. The molecule has 2 bridgehead atoms. The number of benzene rings is 1. The van der Waals surface area contributed by atoms with Crippen molar-refractivity contribution in [2.75, 3.05) is 0 Å². The van der Waals surface area contributed by atoms with Crippen molar-refractivity contribution in [1.82, 2.24) is 0 Å². The average molecular weight is 264 g/mol. The van der Waals surface area contributed by atoms with Gasteiger partial charge in [0, 0.05) is 0 Å². The molecule has 1 aromatic carbocycles. The highest BCUT2D eigenvalue weighted by Crippen LogP contribution is 2.65. The first-order chi connectivity index (χ1) is 9.11. The molecule has 19 heavy (non-hydrogen) atoms. The van der Waals surface area contributed by atoms with E-state index >= 15 is 0 Å². The molecule has 3 aliphatic carbocycles. The lowest BCUT2D eigenvalue weighted by molar-refractivity contribution is -0.0563. The molecule has 5 atom stereocenters. The van der Waals surface area contributed by atoms with Crippen molar-refractivity contribution in [1.29, 1.82) is 0 Å². The molecular formula is C16H18F2O. The maximum atomic E-state index is 14.0. The Morgan fingerprint density at radius 3 is 2.53 bits per heavy atom. The van der Waals surface area contributed by atoms with Gasteiger partial charge in [-0.3, -0.25) is 0 Å². The van der Waals surface area contributed by atoms with E-state index in [2.05, 4.69) is 0 Å². The van der Waals surface area contributed by atoms with Gasteiger partial charge in [-0.1, -0.05) is 12.5 Å². The fourth-order valence-corrected chi connectivity index (χ4v) is 5.31. The molecule has 1 aromatic rings. The molecule has 0 amide bonds. The normalized spacial score (nSPS) is 43.7. The first-order valence-electron chi connectivity index (χ1n) is 7.28. The average Bonchev–Trinajstić information content (AvgIpc) is 2.98. The second-order valence-electron chi connectivity index (χ2n) is 6.59. The summed E-state index contributed by atoms with van der Waals surface area (Å²) >= 11 is 0. The minimum Gasteiger partial charge on any atom is -0.385 e. The van der Waals surface area contributed by atoms with E-state index in [4.69, 9.17) is 0 Å². The van der Waals surface area contributed by atoms with Crippen LogP contribution >= 0.6 is 0 Å². The Kier molecular flexibility index (Phi) is 2.36. The van der Waals surface area contributed by atoms with Crippen LogP contribution in [0.3, 0.4) is 0 Å². The van der Waals surface area contributed by atoms with Crippen molar-refractivity contribution < 1.29 is 13.9 Å². The van der Waals surface area contributed by atoms with Gasteiger partial charge in [0.25, 0.3) is 0 Å². The highest BCUT2D eigenvalue weighted by Gasteiger charge is 2.62. The fourth-order valence-electron chi connectivity index (χ4n) is 5.31. The maximum Gasteiger partial charge on any atom is 0.132 e. The Balaban J connectivity index is 1.80. The molecule has 3 saturated carbocycles. The van der Waals surface area contributed by atoms with Crippen molar-refractivity contribution in [2.24, 2.45) is 23.7 Å². The summed E-state index contributed by atoms with van der Waals surface area (Å²) in [5, 5.41) is 11.0. The molecule has 5 unspecified atom stereocenters. The van der Waals surface area contributed by atoms with Gasteiger partial charge in [-0.25, -0.2) is 8.78 Å². The van der Waals surface area contributed by atoms with Gasteiger partial charge in [-0.15, -0.1) is 0 Å². The molecule has 3 aliphatic rings. The maximum absolute atomic E-state index is 14.0. The molecule has 3 fully saturated rings. The fraction of sp³-hybridized carbons (Fsp3) is 0.625. The van der Waals surface area contributed by atoms with Gasteiger partial charge >= 0.3 is 0 Å². The molecule has 0 saturated heterocycles. The van der Waals surface area contributed by atoms with Gasteiger partial charge in [-0.05, 0) is 61.5 Å². The van der Waals surface area contributed by atoms with Crippen LogP contribution in [0.1, 0.15) is 37.7 Å². The lowest BCUT2D eigenvalue weighted by atomic mass is 9.70. The number of rotatable bonds is 1. The lowest BCUT2D eigenvalue weighted by Gasteiger charge is -2.39. The van der Waals surface area contributed by atoms with Crippen LogP contribution in [-0.2, 0) is 5.60 Å². The Labute approximate surface area is 111 Å².